The molecule has 1 aliphatic rings. The molecule has 0 aliphatic carbocycles. The van der Waals surface area contributed by atoms with E-state index in [0.717, 1.165) is 26.1 Å². The lowest BCUT2D eigenvalue weighted by molar-refractivity contribution is -0.140. The highest BCUT2D eigenvalue weighted by Gasteiger charge is 2.14. The molecule has 1 heterocycles. The molecular formula is C12H24N2O2. The van der Waals surface area contributed by atoms with Crippen LogP contribution in [0.25, 0.3) is 0 Å². The van der Waals surface area contributed by atoms with Crippen LogP contribution < -0.4 is 5.32 Å². The second-order valence-electron chi connectivity index (χ2n) is 4.59. The van der Waals surface area contributed by atoms with Gasteiger partial charge >= 0.3 is 5.97 Å². The number of piperidine rings is 1. The molecule has 0 spiro atoms. The fourth-order valence-corrected chi connectivity index (χ4v) is 2.14. The summed E-state index contributed by atoms with van der Waals surface area (Å²) >= 11 is 0. The Hall–Kier alpha value is -0.610. The summed E-state index contributed by atoms with van der Waals surface area (Å²) in [6.45, 7) is 3.20. The maximum atomic E-state index is 10.9. The topological polar surface area (TPSA) is 41.6 Å². The maximum Gasteiger partial charge on any atom is 0.305 e. The average Bonchev–Trinajstić information content (AvgIpc) is 2.30. The summed E-state index contributed by atoms with van der Waals surface area (Å²) in [5.41, 5.74) is 0. The van der Waals surface area contributed by atoms with Gasteiger partial charge in [0, 0.05) is 19.0 Å². The van der Waals surface area contributed by atoms with Crippen LogP contribution in [0.2, 0.25) is 0 Å². The molecule has 1 unspecified atom stereocenters. The van der Waals surface area contributed by atoms with Crippen LogP contribution >= 0.6 is 0 Å². The zero-order chi connectivity index (χ0) is 11.8. The van der Waals surface area contributed by atoms with Gasteiger partial charge in [-0.1, -0.05) is 6.42 Å². The molecule has 0 radical (unpaired) electrons. The van der Waals surface area contributed by atoms with Crippen molar-refractivity contribution in [2.75, 3.05) is 33.8 Å². The second-order valence-corrected chi connectivity index (χ2v) is 4.59. The van der Waals surface area contributed by atoms with Crippen LogP contribution in [0.1, 0.15) is 32.1 Å². The van der Waals surface area contributed by atoms with E-state index in [1.54, 1.807) is 0 Å². The number of hydrogen-bond donors (Lipinski definition) is 1. The predicted octanol–water partition coefficient (Wildman–Crippen LogP) is 1.01. The number of nitrogens with one attached hydrogen (secondary N) is 1. The molecule has 1 atom stereocenters. The number of likely N-dealkylation sites (N-methyl/N-ethyl adjacent to an activating group) is 1. The van der Waals surface area contributed by atoms with Gasteiger partial charge in [0.15, 0.2) is 0 Å². The Balaban J connectivity index is 2.05. The van der Waals surface area contributed by atoms with Crippen LogP contribution in [0, 0.1) is 0 Å². The third kappa shape index (κ3) is 5.47. The molecule has 0 aromatic rings. The lowest BCUT2D eigenvalue weighted by atomic mass is 10.0. The minimum atomic E-state index is -0.107. The minimum Gasteiger partial charge on any atom is -0.469 e. The van der Waals surface area contributed by atoms with Crippen molar-refractivity contribution in [2.24, 2.45) is 0 Å². The van der Waals surface area contributed by atoms with E-state index in [-0.39, 0.29) is 5.97 Å². The van der Waals surface area contributed by atoms with Gasteiger partial charge in [0.05, 0.1) is 7.11 Å². The van der Waals surface area contributed by atoms with Gasteiger partial charge in [-0.25, -0.2) is 0 Å². The molecule has 1 saturated heterocycles. The third-order valence-corrected chi connectivity index (χ3v) is 3.09. The molecule has 1 N–H and O–H groups in total. The highest BCUT2D eigenvalue weighted by atomic mass is 16.5. The normalized spacial score (nSPS) is 21.1. The fraction of sp³-hybridized carbons (Fsp3) is 0.917. The summed E-state index contributed by atoms with van der Waals surface area (Å²) in [6, 6.07) is 0.636. The first-order valence-electron chi connectivity index (χ1n) is 6.21. The molecule has 16 heavy (non-hydrogen) atoms. The first kappa shape index (κ1) is 13.5. The number of methoxy groups -OCH3 is 1. The fourth-order valence-electron chi connectivity index (χ4n) is 2.14. The Morgan fingerprint density at radius 2 is 2.31 bits per heavy atom. The highest BCUT2D eigenvalue weighted by Crippen LogP contribution is 2.08. The standard InChI is InChI=1S/C12H24N2O2/c1-14(9-5-7-12(15)16-2)10-11-6-3-4-8-13-11/h11,13H,3-10H2,1-2H3. The van der Waals surface area contributed by atoms with E-state index in [4.69, 9.17) is 0 Å². The summed E-state index contributed by atoms with van der Waals surface area (Å²) in [5, 5.41) is 3.53. The average molecular weight is 228 g/mol. The van der Waals surface area contributed by atoms with Crippen molar-refractivity contribution >= 4 is 5.97 Å². The summed E-state index contributed by atoms with van der Waals surface area (Å²) in [4.78, 5) is 13.2. The van der Waals surface area contributed by atoms with Gasteiger partial charge < -0.3 is 15.0 Å². The predicted molar refractivity (Wildman–Crippen MR) is 64.4 cm³/mol. The maximum absolute atomic E-state index is 10.9. The van der Waals surface area contributed by atoms with E-state index in [2.05, 4.69) is 22.0 Å². The number of carbonyl (C=O) groups excluding carboxylic acids is 1. The first-order valence-corrected chi connectivity index (χ1v) is 6.21. The van der Waals surface area contributed by atoms with E-state index in [1.807, 2.05) is 0 Å². The number of nitrogens with zero attached hydrogens (tertiary/aromatic N) is 1. The van der Waals surface area contributed by atoms with Crippen molar-refractivity contribution in [1.29, 1.82) is 0 Å². The molecule has 0 aromatic heterocycles. The Morgan fingerprint density at radius 3 is 2.94 bits per heavy atom. The van der Waals surface area contributed by atoms with Crippen molar-refractivity contribution in [3.8, 4) is 0 Å². The first-order chi connectivity index (χ1) is 7.72. The van der Waals surface area contributed by atoms with Crippen molar-refractivity contribution in [2.45, 2.75) is 38.1 Å². The van der Waals surface area contributed by atoms with Gasteiger partial charge in [0.25, 0.3) is 0 Å². The molecule has 1 fully saturated rings. The summed E-state index contributed by atoms with van der Waals surface area (Å²) < 4.78 is 4.61. The number of hydrogen-bond acceptors (Lipinski definition) is 4. The van der Waals surface area contributed by atoms with Gasteiger partial charge in [-0.05, 0) is 39.4 Å². The molecule has 0 saturated carbocycles. The summed E-state index contributed by atoms with van der Waals surface area (Å²) in [6.07, 6.45) is 5.34. The quantitative estimate of drug-likeness (QED) is 0.689. The van der Waals surface area contributed by atoms with Gasteiger partial charge in [0.1, 0.15) is 0 Å². The molecular weight excluding hydrogens is 204 g/mol. The van der Waals surface area contributed by atoms with Gasteiger partial charge in [-0.3, -0.25) is 4.79 Å². The molecule has 0 aromatic carbocycles. The van der Waals surface area contributed by atoms with E-state index in [0.29, 0.717) is 12.5 Å². The van der Waals surface area contributed by atoms with Crippen molar-refractivity contribution in [3.63, 3.8) is 0 Å². The summed E-state index contributed by atoms with van der Waals surface area (Å²) in [7, 11) is 3.56. The van der Waals surface area contributed by atoms with Crippen LogP contribution in [0.5, 0.6) is 0 Å². The SMILES string of the molecule is COC(=O)CCCN(C)CC1CCCCN1. The smallest absolute Gasteiger partial charge is 0.305 e. The van der Waals surface area contributed by atoms with Gasteiger partial charge in [0.2, 0.25) is 0 Å². The largest absolute Gasteiger partial charge is 0.469 e. The molecule has 4 heteroatoms. The van der Waals surface area contributed by atoms with Crippen LogP contribution in [-0.4, -0.2) is 50.7 Å². The van der Waals surface area contributed by atoms with E-state index in [9.17, 15) is 4.79 Å². The van der Waals surface area contributed by atoms with Crippen molar-refractivity contribution in [1.82, 2.24) is 10.2 Å². The van der Waals surface area contributed by atoms with E-state index in [1.165, 1.54) is 26.4 Å². The number of rotatable bonds is 6. The minimum absolute atomic E-state index is 0.107. The Bertz CT molecular complexity index is 203. The highest BCUT2D eigenvalue weighted by molar-refractivity contribution is 5.69. The van der Waals surface area contributed by atoms with Gasteiger partial charge in [-0.2, -0.15) is 0 Å². The Morgan fingerprint density at radius 1 is 1.50 bits per heavy atom. The molecule has 0 amide bonds. The van der Waals surface area contributed by atoms with Crippen LogP contribution in [0.4, 0.5) is 0 Å². The second kappa shape index (κ2) is 7.63. The molecule has 94 valence electrons. The Labute approximate surface area is 98.3 Å². The molecule has 4 nitrogen and oxygen atoms in total. The van der Waals surface area contributed by atoms with Gasteiger partial charge in [-0.15, -0.1) is 0 Å². The number of esters is 1. The molecule has 1 rings (SSSR count). The molecule has 1 aliphatic heterocycles. The summed E-state index contributed by atoms with van der Waals surface area (Å²) in [5.74, 6) is -0.107. The van der Waals surface area contributed by atoms with Crippen molar-refractivity contribution in [3.05, 3.63) is 0 Å². The number of ether oxygens (including phenoxy) is 1. The third-order valence-electron chi connectivity index (χ3n) is 3.09. The van der Waals surface area contributed by atoms with Crippen LogP contribution in [0.3, 0.4) is 0 Å². The van der Waals surface area contributed by atoms with Crippen LogP contribution in [-0.2, 0) is 9.53 Å². The van der Waals surface area contributed by atoms with Crippen molar-refractivity contribution < 1.29 is 9.53 Å². The zero-order valence-corrected chi connectivity index (χ0v) is 10.5. The Kier molecular flexibility index (Phi) is 6.42. The number of carbonyl (C=O) groups is 1. The van der Waals surface area contributed by atoms with E-state index >= 15 is 0 Å². The lowest BCUT2D eigenvalue weighted by Crippen LogP contribution is -2.42. The molecule has 0 bridgehead atoms. The van der Waals surface area contributed by atoms with E-state index < -0.39 is 0 Å². The monoisotopic (exact) mass is 228 g/mol. The lowest BCUT2D eigenvalue weighted by Gasteiger charge is -2.28. The van der Waals surface area contributed by atoms with Crippen LogP contribution in [0.15, 0.2) is 0 Å². The zero-order valence-electron chi connectivity index (χ0n) is 10.5.